The van der Waals surface area contributed by atoms with Crippen LogP contribution in [0.2, 0.25) is 0 Å². The van der Waals surface area contributed by atoms with Crippen LogP contribution in [0.5, 0.6) is 0 Å². The molecule has 0 amide bonds. The highest BCUT2D eigenvalue weighted by Gasteiger charge is 2.43. The number of piperidine rings is 1. The molecule has 0 bridgehead atoms. The van der Waals surface area contributed by atoms with E-state index in [9.17, 15) is 0 Å². The van der Waals surface area contributed by atoms with Crippen molar-refractivity contribution >= 4 is 0 Å². The Morgan fingerprint density at radius 1 is 1.21 bits per heavy atom. The standard InChI is InChI=1S/C19H24N2O3/c1-2-17(22-11-1)13-21-9-5-19(6-10-21)12-18(15-24-19)23-14-16-3-7-20-8-4-16/h1-4,7-8,11,18H,5-6,9-10,12-15H2/t18-/m0/s1. The molecule has 2 aliphatic rings. The summed E-state index contributed by atoms with van der Waals surface area (Å²) < 4.78 is 17.7. The molecule has 4 heterocycles. The molecule has 0 aliphatic carbocycles. The van der Waals surface area contributed by atoms with Crippen LogP contribution in [0.15, 0.2) is 47.3 Å². The number of nitrogens with zero attached hydrogens (tertiary/aromatic N) is 2. The van der Waals surface area contributed by atoms with E-state index in [-0.39, 0.29) is 11.7 Å². The van der Waals surface area contributed by atoms with Gasteiger partial charge in [0.2, 0.25) is 0 Å². The average Bonchev–Trinajstić information content (AvgIpc) is 3.27. The molecule has 2 aliphatic heterocycles. The predicted molar refractivity (Wildman–Crippen MR) is 89.3 cm³/mol. The summed E-state index contributed by atoms with van der Waals surface area (Å²) in [5.74, 6) is 1.04. The van der Waals surface area contributed by atoms with Crippen LogP contribution in [0.4, 0.5) is 0 Å². The van der Waals surface area contributed by atoms with E-state index in [0.717, 1.165) is 44.7 Å². The van der Waals surface area contributed by atoms with E-state index in [4.69, 9.17) is 13.9 Å². The Labute approximate surface area is 142 Å². The smallest absolute Gasteiger partial charge is 0.117 e. The van der Waals surface area contributed by atoms with Crippen molar-refractivity contribution in [3.05, 3.63) is 54.2 Å². The summed E-state index contributed by atoms with van der Waals surface area (Å²) in [6.07, 6.45) is 8.71. The highest BCUT2D eigenvalue weighted by atomic mass is 16.6. The molecular weight excluding hydrogens is 304 g/mol. The molecule has 5 heteroatoms. The minimum Gasteiger partial charge on any atom is -0.468 e. The van der Waals surface area contributed by atoms with Crippen molar-refractivity contribution in [2.45, 2.75) is 44.1 Å². The monoisotopic (exact) mass is 328 g/mol. The van der Waals surface area contributed by atoms with Gasteiger partial charge in [-0.05, 0) is 42.7 Å². The van der Waals surface area contributed by atoms with Crippen molar-refractivity contribution in [1.82, 2.24) is 9.88 Å². The van der Waals surface area contributed by atoms with Crippen molar-refractivity contribution in [3.63, 3.8) is 0 Å². The van der Waals surface area contributed by atoms with E-state index in [2.05, 4.69) is 9.88 Å². The normalized spacial score (nSPS) is 23.8. The van der Waals surface area contributed by atoms with Crippen molar-refractivity contribution < 1.29 is 13.9 Å². The summed E-state index contributed by atoms with van der Waals surface area (Å²) in [4.78, 5) is 6.48. The van der Waals surface area contributed by atoms with Gasteiger partial charge in [-0.2, -0.15) is 0 Å². The third-order valence-electron chi connectivity index (χ3n) is 5.14. The third-order valence-corrected chi connectivity index (χ3v) is 5.14. The lowest BCUT2D eigenvalue weighted by Gasteiger charge is -2.38. The molecule has 2 aromatic heterocycles. The van der Waals surface area contributed by atoms with Crippen LogP contribution in [0.3, 0.4) is 0 Å². The molecule has 0 unspecified atom stereocenters. The van der Waals surface area contributed by atoms with Gasteiger partial charge in [0.1, 0.15) is 5.76 Å². The van der Waals surface area contributed by atoms with Crippen LogP contribution in [-0.4, -0.2) is 41.3 Å². The highest BCUT2D eigenvalue weighted by Crippen LogP contribution is 2.37. The fourth-order valence-electron chi connectivity index (χ4n) is 3.69. The third kappa shape index (κ3) is 3.69. The molecule has 0 N–H and O–H groups in total. The molecule has 2 aromatic rings. The molecule has 1 atom stereocenters. The van der Waals surface area contributed by atoms with E-state index in [1.54, 1.807) is 18.7 Å². The summed E-state index contributed by atoms with van der Waals surface area (Å²) in [6, 6.07) is 7.99. The number of hydrogen-bond donors (Lipinski definition) is 0. The van der Waals surface area contributed by atoms with E-state index in [0.29, 0.717) is 13.2 Å². The maximum Gasteiger partial charge on any atom is 0.117 e. The number of aromatic nitrogens is 1. The fraction of sp³-hybridized carbons (Fsp3) is 0.526. The largest absolute Gasteiger partial charge is 0.468 e. The Morgan fingerprint density at radius 2 is 2.04 bits per heavy atom. The molecule has 1 spiro atoms. The van der Waals surface area contributed by atoms with Crippen molar-refractivity contribution in [2.75, 3.05) is 19.7 Å². The maximum absolute atomic E-state index is 6.18. The van der Waals surface area contributed by atoms with E-state index in [1.165, 1.54) is 5.56 Å². The summed E-state index contributed by atoms with van der Waals surface area (Å²) in [5, 5.41) is 0. The molecule has 0 aromatic carbocycles. The Bertz CT molecular complexity index is 621. The summed E-state index contributed by atoms with van der Waals surface area (Å²) in [7, 11) is 0. The first-order valence-electron chi connectivity index (χ1n) is 8.71. The minimum absolute atomic E-state index is 0.0164. The summed E-state index contributed by atoms with van der Waals surface area (Å²) in [5.41, 5.74) is 1.18. The van der Waals surface area contributed by atoms with Gasteiger partial charge in [-0.15, -0.1) is 0 Å². The van der Waals surface area contributed by atoms with Gasteiger partial charge in [0.15, 0.2) is 0 Å². The van der Waals surface area contributed by atoms with Crippen LogP contribution in [0.1, 0.15) is 30.6 Å². The van der Waals surface area contributed by atoms with Crippen molar-refractivity contribution in [2.24, 2.45) is 0 Å². The zero-order valence-electron chi connectivity index (χ0n) is 13.9. The van der Waals surface area contributed by atoms with Crippen LogP contribution in [-0.2, 0) is 22.6 Å². The molecule has 0 saturated carbocycles. The topological polar surface area (TPSA) is 47.7 Å². The highest BCUT2D eigenvalue weighted by molar-refractivity contribution is 5.08. The van der Waals surface area contributed by atoms with E-state index < -0.39 is 0 Å². The maximum atomic E-state index is 6.18. The number of ether oxygens (including phenoxy) is 2. The first-order chi connectivity index (χ1) is 11.8. The lowest BCUT2D eigenvalue weighted by atomic mass is 9.88. The predicted octanol–water partition coefficient (Wildman–Crippen LogP) is 3.01. The fourth-order valence-corrected chi connectivity index (χ4v) is 3.69. The van der Waals surface area contributed by atoms with Gasteiger partial charge in [-0.25, -0.2) is 0 Å². The van der Waals surface area contributed by atoms with Gasteiger partial charge in [-0.1, -0.05) is 0 Å². The Kier molecular flexibility index (Phi) is 4.65. The molecule has 128 valence electrons. The van der Waals surface area contributed by atoms with Crippen molar-refractivity contribution in [3.8, 4) is 0 Å². The number of pyridine rings is 1. The number of likely N-dealkylation sites (tertiary alicyclic amines) is 1. The quantitative estimate of drug-likeness (QED) is 0.844. The van der Waals surface area contributed by atoms with Crippen LogP contribution < -0.4 is 0 Å². The lowest BCUT2D eigenvalue weighted by Crippen LogP contribution is -2.43. The second kappa shape index (κ2) is 7.05. The molecule has 5 nitrogen and oxygen atoms in total. The second-order valence-electron chi connectivity index (χ2n) is 6.84. The SMILES string of the molecule is c1coc(CN2CCC3(CC2)C[C@H](OCc2ccncc2)CO3)c1. The molecule has 2 saturated heterocycles. The molecule has 4 rings (SSSR count). The van der Waals surface area contributed by atoms with Gasteiger partial charge in [-0.3, -0.25) is 9.88 Å². The number of rotatable bonds is 5. The molecule has 24 heavy (non-hydrogen) atoms. The van der Waals surface area contributed by atoms with Crippen LogP contribution in [0.25, 0.3) is 0 Å². The first-order valence-corrected chi connectivity index (χ1v) is 8.71. The second-order valence-corrected chi connectivity index (χ2v) is 6.84. The van der Waals surface area contributed by atoms with E-state index in [1.807, 2.05) is 24.3 Å². The number of hydrogen-bond acceptors (Lipinski definition) is 5. The average molecular weight is 328 g/mol. The van der Waals surface area contributed by atoms with Crippen LogP contribution in [0, 0.1) is 0 Å². The Morgan fingerprint density at radius 3 is 2.79 bits per heavy atom. The van der Waals surface area contributed by atoms with Gasteiger partial charge in [0, 0.05) is 31.9 Å². The van der Waals surface area contributed by atoms with E-state index >= 15 is 0 Å². The van der Waals surface area contributed by atoms with Crippen LogP contribution >= 0.6 is 0 Å². The van der Waals surface area contributed by atoms with Gasteiger partial charge >= 0.3 is 0 Å². The lowest BCUT2D eigenvalue weighted by molar-refractivity contribution is -0.0476. The Balaban J connectivity index is 1.24. The number of furan rings is 1. The first kappa shape index (κ1) is 15.8. The van der Waals surface area contributed by atoms with Gasteiger partial charge in [0.25, 0.3) is 0 Å². The molecule has 0 radical (unpaired) electrons. The minimum atomic E-state index is 0.0164. The zero-order chi connectivity index (χ0) is 16.2. The molecular formula is C19H24N2O3. The van der Waals surface area contributed by atoms with Crippen molar-refractivity contribution in [1.29, 1.82) is 0 Å². The molecule has 2 fully saturated rings. The Hall–Kier alpha value is -1.69. The summed E-state index contributed by atoms with van der Waals surface area (Å²) >= 11 is 0. The van der Waals surface area contributed by atoms with Gasteiger partial charge in [0.05, 0.1) is 37.7 Å². The zero-order valence-corrected chi connectivity index (χ0v) is 13.9. The summed E-state index contributed by atoms with van der Waals surface area (Å²) in [6.45, 7) is 4.35. The van der Waals surface area contributed by atoms with Gasteiger partial charge < -0.3 is 13.9 Å².